The van der Waals surface area contributed by atoms with E-state index in [9.17, 15) is 9.59 Å². The van der Waals surface area contributed by atoms with E-state index in [0.29, 0.717) is 12.2 Å². The lowest BCUT2D eigenvalue weighted by atomic mass is 10.2. The summed E-state index contributed by atoms with van der Waals surface area (Å²) in [4.78, 5) is 22.5. The first kappa shape index (κ1) is 13.6. The Morgan fingerprint density at radius 2 is 1.94 bits per heavy atom. The second-order valence-corrected chi connectivity index (χ2v) is 4.75. The van der Waals surface area contributed by atoms with Gasteiger partial charge in [-0.2, -0.15) is 0 Å². The normalized spacial score (nSPS) is 9.94. The van der Waals surface area contributed by atoms with Crippen LogP contribution in [0.25, 0.3) is 0 Å². The third kappa shape index (κ3) is 5.97. The number of amides is 1. The van der Waals surface area contributed by atoms with Gasteiger partial charge in [-0.15, -0.1) is 11.8 Å². The molecular weight excluding hydrogens is 238 g/mol. The largest absolute Gasteiger partial charge is 0.480 e. The van der Waals surface area contributed by atoms with E-state index in [1.54, 1.807) is 11.8 Å². The number of carbonyl (C=O) groups excluding carboxylic acids is 1. The molecule has 1 rings (SSSR count). The first-order valence-corrected chi connectivity index (χ1v) is 6.24. The fourth-order valence-corrected chi connectivity index (χ4v) is 2.01. The highest BCUT2D eigenvalue weighted by molar-refractivity contribution is 7.99. The van der Waals surface area contributed by atoms with Crippen LogP contribution in [0.2, 0.25) is 0 Å². The highest BCUT2D eigenvalue weighted by atomic mass is 32.2. The van der Waals surface area contributed by atoms with Gasteiger partial charge in [0.1, 0.15) is 6.54 Å². The predicted octanol–water partition coefficient (Wildman–Crippen LogP) is 1.68. The highest BCUT2D eigenvalue weighted by Gasteiger charge is 2.03. The maximum atomic E-state index is 11.2. The Morgan fingerprint density at radius 1 is 1.29 bits per heavy atom. The summed E-state index contributed by atoms with van der Waals surface area (Å²) in [5.41, 5.74) is 1.20. The van der Waals surface area contributed by atoms with Crippen LogP contribution in [-0.4, -0.2) is 29.3 Å². The fourth-order valence-electron chi connectivity index (χ4n) is 1.16. The zero-order valence-corrected chi connectivity index (χ0v) is 10.4. The van der Waals surface area contributed by atoms with Gasteiger partial charge in [0.2, 0.25) is 5.91 Å². The Kier molecular flexibility index (Phi) is 5.56. The Morgan fingerprint density at radius 3 is 2.53 bits per heavy atom. The molecule has 0 aliphatic rings. The van der Waals surface area contributed by atoms with E-state index in [2.05, 4.69) is 5.32 Å². The molecular formula is C12H15NO3S. The molecule has 1 amide bonds. The van der Waals surface area contributed by atoms with E-state index in [-0.39, 0.29) is 12.5 Å². The molecule has 0 aliphatic carbocycles. The van der Waals surface area contributed by atoms with Crippen molar-refractivity contribution in [3.05, 3.63) is 29.8 Å². The van der Waals surface area contributed by atoms with Crippen molar-refractivity contribution in [3.8, 4) is 0 Å². The van der Waals surface area contributed by atoms with Gasteiger partial charge in [0.05, 0.1) is 0 Å². The molecule has 0 aliphatic heterocycles. The van der Waals surface area contributed by atoms with Crippen LogP contribution in [0.5, 0.6) is 0 Å². The third-order valence-corrected chi connectivity index (χ3v) is 3.07. The molecule has 4 nitrogen and oxygen atoms in total. The lowest BCUT2D eigenvalue weighted by molar-refractivity contribution is -0.137. The molecule has 0 aromatic heterocycles. The van der Waals surface area contributed by atoms with E-state index in [1.165, 1.54) is 5.56 Å². The number of carbonyl (C=O) groups is 2. The minimum Gasteiger partial charge on any atom is -0.480 e. The molecule has 1 aromatic rings. The van der Waals surface area contributed by atoms with E-state index in [0.717, 1.165) is 4.90 Å². The SMILES string of the molecule is Cc1ccc(SCCC(=O)NCC(=O)O)cc1. The van der Waals surface area contributed by atoms with Crippen molar-refractivity contribution < 1.29 is 14.7 Å². The van der Waals surface area contributed by atoms with E-state index < -0.39 is 5.97 Å². The van der Waals surface area contributed by atoms with Crippen LogP contribution in [0, 0.1) is 6.92 Å². The maximum Gasteiger partial charge on any atom is 0.322 e. The number of aliphatic carboxylic acids is 1. The van der Waals surface area contributed by atoms with Crippen LogP contribution in [-0.2, 0) is 9.59 Å². The average molecular weight is 253 g/mol. The second-order valence-electron chi connectivity index (χ2n) is 3.58. The molecule has 0 saturated carbocycles. The number of benzene rings is 1. The number of thioether (sulfide) groups is 1. The second kappa shape index (κ2) is 6.96. The van der Waals surface area contributed by atoms with Crippen molar-refractivity contribution in [1.29, 1.82) is 0 Å². The lowest BCUT2D eigenvalue weighted by Gasteiger charge is -2.03. The molecule has 2 N–H and O–H groups in total. The molecule has 5 heteroatoms. The number of carboxylic acid groups (broad SMARTS) is 1. The van der Waals surface area contributed by atoms with Gasteiger partial charge >= 0.3 is 5.97 Å². The van der Waals surface area contributed by atoms with Crippen LogP contribution in [0.15, 0.2) is 29.2 Å². The van der Waals surface area contributed by atoms with Gasteiger partial charge < -0.3 is 10.4 Å². The summed E-state index contributed by atoms with van der Waals surface area (Å²) < 4.78 is 0. The summed E-state index contributed by atoms with van der Waals surface area (Å²) in [6.45, 7) is 1.71. The predicted molar refractivity (Wildman–Crippen MR) is 67.2 cm³/mol. The standard InChI is InChI=1S/C12H15NO3S/c1-9-2-4-10(5-3-9)17-7-6-11(14)13-8-12(15)16/h2-5H,6-8H2,1H3,(H,13,14)(H,15,16). The van der Waals surface area contributed by atoms with Crippen molar-refractivity contribution in [3.63, 3.8) is 0 Å². The molecule has 0 saturated heterocycles. The molecule has 0 atom stereocenters. The van der Waals surface area contributed by atoms with Crippen molar-refractivity contribution in [2.24, 2.45) is 0 Å². The Labute approximate surface area is 104 Å². The highest BCUT2D eigenvalue weighted by Crippen LogP contribution is 2.18. The zero-order valence-electron chi connectivity index (χ0n) is 9.60. The van der Waals surface area contributed by atoms with Gasteiger partial charge in [-0.1, -0.05) is 17.7 Å². The number of rotatable bonds is 6. The molecule has 0 radical (unpaired) electrons. The smallest absolute Gasteiger partial charge is 0.322 e. The quantitative estimate of drug-likeness (QED) is 0.757. The fraction of sp³-hybridized carbons (Fsp3) is 0.333. The van der Waals surface area contributed by atoms with Crippen LogP contribution >= 0.6 is 11.8 Å². The molecule has 0 heterocycles. The first-order chi connectivity index (χ1) is 8.08. The van der Waals surface area contributed by atoms with E-state index in [1.807, 2.05) is 31.2 Å². The van der Waals surface area contributed by atoms with E-state index >= 15 is 0 Å². The number of hydrogen-bond acceptors (Lipinski definition) is 3. The summed E-state index contributed by atoms with van der Waals surface area (Å²) in [5.74, 6) is -0.606. The van der Waals surface area contributed by atoms with Gasteiger partial charge in [0, 0.05) is 17.1 Å². The monoisotopic (exact) mass is 253 g/mol. The van der Waals surface area contributed by atoms with Crippen molar-refractivity contribution in [2.45, 2.75) is 18.2 Å². The summed E-state index contributed by atoms with van der Waals surface area (Å²) in [6, 6.07) is 8.06. The summed E-state index contributed by atoms with van der Waals surface area (Å²) >= 11 is 1.58. The molecule has 0 spiro atoms. The van der Waals surface area contributed by atoms with Crippen LogP contribution in [0.4, 0.5) is 0 Å². The van der Waals surface area contributed by atoms with Crippen molar-refractivity contribution in [1.82, 2.24) is 5.32 Å². The molecule has 92 valence electrons. The number of carboxylic acids is 1. The number of nitrogens with one attached hydrogen (secondary N) is 1. The number of hydrogen-bond donors (Lipinski definition) is 2. The van der Waals surface area contributed by atoms with Crippen LogP contribution < -0.4 is 5.32 Å². The van der Waals surface area contributed by atoms with E-state index in [4.69, 9.17) is 5.11 Å². The van der Waals surface area contributed by atoms with Crippen LogP contribution in [0.3, 0.4) is 0 Å². The summed E-state index contributed by atoms with van der Waals surface area (Å²) in [7, 11) is 0. The first-order valence-electron chi connectivity index (χ1n) is 5.26. The lowest BCUT2D eigenvalue weighted by Crippen LogP contribution is -2.29. The van der Waals surface area contributed by atoms with Gasteiger partial charge in [-0.3, -0.25) is 9.59 Å². The number of aryl methyl sites for hydroxylation is 1. The van der Waals surface area contributed by atoms with Crippen molar-refractivity contribution >= 4 is 23.6 Å². The minimum absolute atomic E-state index is 0.230. The van der Waals surface area contributed by atoms with Gasteiger partial charge in [0.15, 0.2) is 0 Å². The summed E-state index contributed by atoms with van der Waals surface area (Å²) in [5, 5.41) is 10.7. The molecule has 0 fully saturated rings. The molecule has 0 unspecified atom stereocenters. The van der Waals surface area contributed by atoms with Crippen LogP contribution in [0.1, 0.15) is 12.0 Å². The third-order valence-electron chi connectivity index (χ3n) is 2.06. The molecule has 17 heavy (non-hydrogen) atoms. The Hall–Kier alpha value is -1.49. The maximum absolute atomic E-state index is 11.2. The molecule has 0 bridgehead atoms. The van der Waals surface area contributed by atoms with Crippen molar-refractivity contribution in [2.75, 3.05) is 12.3 Å². The van der Waals surface area contributed by atoms with Gasteiger partial charge in [0.25, 0.3) is 0 Å². The molecule has 1 aromatic carbocycles. The van der Waals surface area contributed by atoms with Gasteiger partial charge in [-0.25, -0.2) is 0 Å². The Balaban J connectivity index is 2.21. The summed E-state index contributed by atoms with van der Waals surface area (Å²) in [6.07, 6.45) is 0.325. The Bertz CT molecular complexity index is 389. The zero-order chi connectivity index (χ0) is 12.7. The van der Waals surface area contributed by atoms with Gasteiger partial charge in [-0.05, 0) is 19.1 Å². The average Bonchev–Trinajstić information content (AvgIpc) is 2.29. The minimum atomic E-state index is -1.02. The topological polar surface area (TPSA) is 66.4 Å².